The maximum atomic E-state index is 14.2. The Labute approximate surface area is 162 Å². The van der Waals surface area contributed by atoms with E-state index in [1.165, 1.54) is 11.6 Å². The molecule has 1 heterocycles. The van der Waals surface area contributed by atoms with Crippen LogP contribution in [0.1, 0.15) is 30.0 Å². The van der Waals surface area contributed by atoms with E-state index in [2.05, 4.69) is 39.9 Å². The lowest BCUT2D eigenvalue weighted by atomic mass is 10.1. The topological polar surface area (TPSA) is 39.9 Å². The van der Waals surface area contributed by atoms with Crippen LogP contribution in [0, 0.1) is 19.7 Å². The molecule has 1 saturated carbocycles. The molecule has 6 heteroatoms. The summed E-state index contributed by atoms with van der Waals surface area (Å²) in [6, 6.07) is 13.3. The van der Waals surface area contributed by atoms with Gasteiger partial charge in [0.15, 0.2) is 11.0 Å². The zero-order valence-electron chi connectivity index (χ0n) is 15.5. The Morgan fingerprint density at radius 3 is 2.74 bits per heavy atom. The van der Waals surface area contributed by atoms with Crippen molar-refractivity contribution in [1.82, 2.24) is 14.8 Å². The lowest BCUT2D eigenvalue weighted by molar-refractivity contribution is 0.341. The molecular formula is C21H22FN3OS. The lowest BCUT2D eigenvalue weighted by Crippen LogP contribution is -2.04. The highest BCUT2D eigenvalue weighted by Gasteiger charge is 2.30. The van der Waals surface area contributed by atoms with Crippen LogP contribution in [0.4, 0.5) is 4.39 Å². The number of aryl methyl sites for hydroxylation is 2. The summed E-state index contributed by atoms with van der Waals surface area (Å²) >= 11 is 1.61. The third kappa shape index (κ3) is 4.00. The van der Waals surface area contributed by atoms with Gasteiger partial charge in [0.05, 0.1) is 12.2 Å². The van der Waals surface area contributed by atoms with Crippen LogP contribution in [-0.2, 0) is 0 Å². The Morgan fingerprint density at radius 1 is 1.15 bits per heavy atom. The van der Waals surface area contributed by atoms with E-state index in [1.54, 1.807) is 23.9 Å². The minimum atomic E-state index is -0.262. The van der Waals surface area contributed by atoms with E-state index in [0.717, 1.165) is 35.1 Å². The highest BCUT2D eigenvalue weighted by Crippen LogP contribution is 2.41. The zero-order valence-corrected chi connectivity index (χ0v) is 16.3. The van der Waals surface area contributed by atoms with Crippen molar-refractivity contribution in [2.45, 2.75) is 37.9 Å². The van der Waals surface area contributed by atoms with E-state index in [-0.39, 0.29) is 5.82 Å². The van der Waals surface area contributed by atoms with Crippen molar-refractivity contribution in [1.29, 1.82) is 0 Å². The van der Waals surface area contributed by atoms with E-state index in [9.17, 15) is 4.39 Å². The molecule has 0 bridgehead atoms. The number of nitrogens with zero attached hydrogens (tertiary/aromatic N) is 3. The molecule has 0 saturated heterocycles. The van der Waals surface area contributed by atoms with Gasteiger partial charge in [-0.3, -0.25) is 4.57 Å². The molecule has 0 N–H and O–H groups in total. The fourth-order valence-corrected chi connectivity index (χ4v) is 3.83. The molecule has 0 atom stereocenters. The van der Waals surface area contributed by atoms with E-state index >= 15 is 0 Å². The van der Waals surface area contributed by atoms with Crippen LogP contribution in [0.5, 0.6) is 5.75 Å². The summed E-state index contributed by atoms with van der Waals surface area (Å²) in [6.45, 7) is 4.69. The number of aromatic nitrogens is 3. The molecule has 4 nitrogen and oxygen atoms in total. The first-order valence-corrected chi connectivity index (χ1v) is 10.1. The second-order valence-corrected chi connectivity index (χ2v) is 7.92. The van der Waals surface area contributed by atoms with Crippen LogP contribution in [-0.4, -0.2) is 27.1 Å². The highest BCUT2D eigenvalue weighted by molar-refractivity contribution is 7.99. The predicted octanol–water partition coefficient (Wildman–Crippen LogP) is 5.21. The number of thioether (sulfide) groups is 1. The van der Waals surface area contributed by atoms with Crippen molar-refractivity contribution in [2.24, 2.45) is 0 Å². The maximum Gasteiger partial charge on any atom is 0.191 e. The Balaban J connectivity index is 1.45. The molecule has 140 valence electrons. The van der Waals surface area contributed by atoms with Crippen LogP contribution in [0.25, 0.3) is 11.4 Å². The normalized spacial score (nSPS) is 13.7. The van der Waals surface area contributed by atoms with E-state index in [1.807, 2.05) is 13.0 Å². The summed E-state index contributed by atoms with van der Waals surface area (Å²) in [5, 5.41) is 9.44. The van der Waals surface area contributed by atoms with Crippen LogP contribution in [0.3, 0.4) is 0 Å². The minimum Gasteiger partial charge on any atom is -0.492 e. The molecule has 1 fully saturated rings. The van der Waals surface area contributed by atoms with Gasteiger partial charge in [-0.1, -0.05) is 36.0 Å². The standard InChI is InChI=1S/C21H22FN3OS/c1-14-7-8-15(2)19(13-14)26-11-12-27-21-24-23-20(25(21)16-9-10-16)17-5-3-4-6-18(17)22/h3-8,13,16H,9-12H2,1-2H3. The third-order valence-corrected chi connectivity index (χ3v) is 5.51. The highest BCUT2D eigenvalue weighted by atomic mass is 32.2. The molecule has 2 aromatic carbocycles. The average Bonchev–Trinajstić information content (AvgIpc) is 3.42. The van der Waals surface area contributed by atoms with Gasteiger partial charge in [0.1, 0.15) is 11.6 Å². The van der Waals surface area contributed by atoms with Gasteiger partial charge in [0.25, 0.3) is 0 Å². The summed E-state index contributed by atoms with van der Waals surface area (Å²) in [7, 11) is 0. The van der Waals surface area contributed by atoms with Crippen molar-refractivity contribution >= 4 is 11.8 Å². The first-order chi connectivity index (χ1) is 13.1. The average molecular weight is 383 g/mol. The lowest BCUT2D eigenvalue weighted by Gasteiger charge is -2.11. The van der Waals surface area contributed by atoms with Gasteiger partial charge in [-0.05, 0) is 56.0 Å². The van der Waals surface area contributed by atoms with Crippen molar-refractivity contribution in [3.63, 3.8) is 0 Å². The maximum absolute atomic E-state index is 14.2. The van der Waals surface area contributed by atoms with Gasteiger partial charge >= 0.3 is 0 Å². The quantitative estimate of drug-likeness (QED) is 0.415. The van der Waals surface area contributed by atoms with Gasteiger partial charge in [-0.25, -0.2) is 4.39 Å². The van der Waals surface area contributed by atoms with Crippen LogP contribution < -0.4 is 4.74 Å². The van der Waals surface area contributed by atoms with Crippen LogP contribution >= 0.6 is 11.8 Å². The molecule has 0 unspecified atom stereocenters. The summed E-state index contributed by atoms with van der Waals surface area (Å²) < 4.78 is 22.2. The molecule has 1 aromatic heterocycles. The number of benzene rings is 2. The number of halogens is 1. The number of hydrogen-bond acceptors (Lipinski definition) is 4. The molecule has 0 aliphatic heterocycles. The first-order valence-electron chi connectivity index (χ1n) is 9.16. The molecule has 0 spiro atoms. The first kappa shape index (κ1) is 18.0. The number of ether oxygens (including phenoxy) is 1. The Hall–Kier alpha value is -2.34. The summed E-state index contributed by atoms with van der Waals surface area (Å²) in [6.07, 6.45) is 2.18. The second-order valence-electron chi connectivity index (χ2n) is 6.85. The van der Waals surface area contributed by atoms with E-state index in [4.69, 9.17) is 4.74 Å². The summed E-state index contributed by atoms with van der Waals surface area (Å²) in [5.41, 5.74) is 2.83. The van der Waals surface area contributed by atoms with Crippen molar-refractivity contribution in [3.8, 4) is 17.1 Å². The van der Waals surface area contributed by atoms with Gasteiger partial charge in [-0.2, -0.15) is 0 Å². The summed E-state index contributed by atoms with van der Waals surface area (Å²) in [5.74, 6) is 2.04. The number of hydrogen-bond donors (Lipinski definition) is 0. The Bertz CT molecular complexity index is 952. The fraction of sp³-hybridized carbons (Fsp3) is 0.333. The van der Waals surface area contributed by atoms with E-state index in [0.29, 0.717) is 24.0 Å². The summed E-state index contributed by atoms with van der Waals surface area (Å²) in [4.78, 5) is 0. The largest absolute Gasteiger partial charge is 0.492 e. The van der Waals surface area contributed by atoms with E-state index < -0.39 is 0 Å². The zero-order chi connectivity index (χ0) is 18.8. The minimum absolute atomic E-state index is 0.262. The molecule has 27 heavy (non-hydrogen) atoms. The molecular weight excluding hydrogens is 361 g/mol. The van der Waals surface area contributed by atoms with Crippen molar-refractivity contribution in [2.75, 3.05) is 12.4 Å². The van der Waals surface area contributed by atoms with Crippen molar-refractivity contribution < 1.29 is 9.13 Å². The molecule has 4 rings (SSSR count). The second kappa shape index (κ2) is 7.72. The predicted molar refractivity (Wildman–Crippen MR) is 106 cm³/mol. The Morgan fingerprint density at radius 2 is 1.96 bits per heavy atom. The smallest absolute Gasteiger partial charge is 0.191 e. The van der Waals surface area contributed by atoms with Gasteiger partial charge in [0.2, 0.25) is 0 Å². The van der Waals surface area contributed by atoms with Crippen molar-refractivity contribution in [3.05, 3.63) is 59.4 Å². The Kier molecular flexibility index (Phi) is 5.16. The SMILES string of the molecule is Cc1ccc(C)c(OCCSc2nnc(-c3ccccc3F)n2C2CC2)c1. The number of rotatable bonds is 7. The monoisotopic (exact) mass is 383 g/mol. The third-order valence-electron chi connectivity index (χ3n) is 4.61. The van der Waals surface area contributed by atoms with Crippen LogP contribution in [0.2, 0.25) is 0 Å². The molecule has 1 aliphatic carbocycles. The van der Waals surface area contributed by atoms with Crippen LogP contribution in [0.15, 0.2) is 47.6 Å². The molecule has 3 aromatic rings. The fourth-order valence-electron chi connectivity index (χ4n) is 3.01. The molecule has 1 aliphatic rings. The van der Waals surface area contributed by atoms with Gasteiger partial charge in [-0.15, -0.1) is 10.2 Å². The molecule has 0 radical (unpaired) electrons. The molecule has 0 amide bonds. The van der Waals surface area contributed by atoms with Gasteiger partial charge < -0.3 is 4.74 Å². The van der Waals surface area contributed by atoms with Gasteiger partial charge in [0, 0.05) is 11.8 Å².